The van der Waals surface area contributed by atoms with Crippen molar-refractivity contribution in [3.05, 3.63) is 59.4 Å². The van der Waals surface area contributed by atoms with Crippen LogP contribution in [0.15, 0.2) is 42.5 Å². The van der Waals surface area contributed by atoms with E-state index in [1.165, 1.54) is 6.07 Å². The topological polar surface area (TPSA) is 18.5 Å². The quantitative estimate of drug-likeness (QED) is 0.818. The van der Waals surface area contributed by atoms with Gasteiger partial charge in [0.15, 0.2) is 11.6 Å². The standard InChI is InChI=1S/C15H15FO2/c1-11-7-8-13(16)15(9-11)18-10-12-5-3-4-6-14(12)17-2/h3-9H,10H2,1-2H3. The molecular weight excluding hydrogens is 231 g/mol. The van der Waals surface area contributed by atoms with Gasteiger partial charge in [0.05, 0.1) is 7.11 Å². The van der Waals surface area contributed by atoms with Crippen molar-refractivity contribution in [1.82, 2.24) is 0 Å². The van der Waals surface area contributed by atoms with Gasteiger partial charge in [-0.05, 0) is 30.7 Å². The second-order valence-electron chi connectivity index (χ2n) is 4.03. The first-order valence-electron chi connectivity index (χ1n) is 5.71. The lowest BCUT2D eigenvalue weighted by Gasteiger charge is -2.11. The Bertz CT molecular complexity index is 538. The molecule has 0 aliphatic carbocycles. The largest absolute Gasteiger partial charge is 0.496 e. The van der Waals surface area contributed by atoms with Crippen LogP contribution in [0.1, 0.15) is 11.1 Å². The summed E-state index contributed by atoms with van der Waals surface area (Å²) in [5.74, 6) is 0.655. The van der Waals surface area contributed by atoms with Crippen molar-refractivity contribution in [2.45, 2.75) is 13.5 Å². The van der Waals surface area contributed by atoms with Gasteiger partial charge in [-0.3, -0.25) is 0 Å². The lowest BCUT2D eigenvalue weighted by Crippen LogP contribution is -2.00. The normalized spacial score (nSPS) is 10.2. The van der Waals surface area contributed by atoms with E-state index in [9.17, 15) is 4.39 Å². The van der Waals surface area contributed by atoms with Crippen molar-refractivity contribution >= 4 is 0 Å². The van der Waals surface area contributed by atoms with Crippen LogP contribution in [-0.2, 0) is 6.61 Å². The molecule has 0 unspecified atom stereocenters. The summed E-state index contributed by atoms with van der Waals surface area (Å²) in [6.45, 7) is 2.18. The molecular formula is C15H15FO2. The molecule has 2 aromatic carbocycles. The van der Waals surface area contributed by atoms with Crippen molar-refractivity contribution in [3.63, 3.8) is 0 Å². The highest BCUT2D eigenvalue weighted by Crippen LogP contribution is 2.23. The summed E-state index contributed by atoms with van der Waals surface area (Å²) in [6.07, 6.45) is 0. The van der Waals surface area contributed by atoms with Crippen molar-refractivity contribution in [2.24, 2.45) is 0 Å². The van der Waals surface area contributed by atoms with Gasteiger partial charge in [-0.15, -0.1) is 0 Å². The van der Waals surface area contributed by atoms with Crippen molar-refractivity contribution in [1.29, 1.82) is 0 Å². The van der Waals surface area contributed by atoms with Gasteiger partial charge < -0.3 is 9.47 Å². The Morgan fingerprint density at radius 3 is 2.61 bits per heavy atom. The molecule has 0 aliphatic rings. The van der Waals surface area contributed by atoms with Gasteiger partial charge in [0.1, 0.15) is 12.4 Å². The number of benzene rings is 2. The van der Waals surface area contributed by atoms with Crippen LogP contribution < -0.4 is 9.47 Å². The highest BCUT2D eigenvalue weighted by Gasteiger charge is 2.06. The number of aryl methyl sites for hydroxylation is 1. The molecule has 0 aromatic heterocycles. The molecule has 0 aliphatic heterocycles. The number of rotatable bonds is 4. The Morgan fingerprint density at radius 1 is 1.06 bits per heavy atom. The Labute approximate surface area is 106 Å². The van der Waals surface area contributed by atoms with Gasteiger partial charge in [0.2, 0.25) is 0 Å². The molecule has 94 valence electrons. The van der Waals surface area contributed by atoms with E-state index in [1.807, 2.05) is 31.2 Å². The van der Waals surface area contributed by atoms with E-state index in [-0.39, 0.29) is 18.2 Å². The second kappa shape index (κ2) is 5.54. The van der Waals surface area contributed by atoms with E-state index in [4.69, 9.17) is 9.47 Å². The molecule has 0 N–H and O–H groups in total. The average Bonchev–Trinajstić information content (AvgIpc) is 2.40. The molecule has 0 bridgehead atoms. The summed E-state index contributed by atoms with van der Waals surface area (Å²) < 4.78 is 24.2. The molecule has 0 heterocycles. The summed E-state index contributed by atoms with van der Waals surface area (Å²) in [6, 6.07) is 12.3. The van der Waals surface area contributed by atoms with E-state index < -0.39 is 0 Å². The molecule has 2 aromatic rings. The zero-order chi connectivity index (χ0) is 13.0. The molecule has 0 amide bonds. The van der Waals surface area contributed by atoms with Crippen molar-refractivity contribution in [2.75, 3.05) is 7.11 Å². The Balaban J connectivity index is 2.14. The van der Waals surface area contributed by atoms with Crippen molar-refractivity contribution in [3.8, 4) is 11.5 Å². The van der Waals surface area contributed by atoms with Gasteiger partial charge in [-0.25, -0.2) is 4.39 Å². The molecule has 0 saturated carbocycles. The zero-order valence-electron chi connectivity index (χ0n) is 10.4. The maximum Gasteiger partial charge on any atom is 0.165 e. The van der Waals surface area contributed by atoms with Crippen LogP contribution in [0.25, 0.3) is 0 Å². The maximum atomic E-state index is 13.5. The van der Waals surface area contributed by atoms with E-state index in [2.05, 4.69) is 0 Å². The first-order valence-corrected chi connectivity index (χ1v) is 5.71. The monoisotopic (exact) mass is 246 g/mol. The second-order valence-corrected chi connectivity index (χ2v) is 4.03. The van der Waals surface area contributed by atoms with Gasteiger partial charge in [-0.2, -0.15) is 0 Å². The fourth-order valence-corrected chi connectivity index (χ4v) is 1.70. The molecule has 0 atom stereocenters. The number of para-hydroxylation sites is 1. The minimum absolute atomic E-state index is 0.265. The van der Waals surface area contributed by atoms with Crippen LogP contribution in [-0.4, -0.2) is 7.11 Å². The minimum atomic E-state index is -0.351. The van der Waals surface area contributed by atoms with Crippen LogP contribution in [0.4, 0.5) is 4.39 Å². The molecule has 0 spiro atoms. The lowest BCUT2D eigenvalue weighted by molar-refractivity contribution is 0.282. The number of hydrogen-bond donors (Lipinski definition) is 0. The van der Waals surface area contributed by atoms with Crippen LogP contribution in [0.3, 0.4) is 0 Å². The summed E-state index contributed by atoms with van der Waals surface area (Å²) in [5.41, 5.74) is 1.85. The molecule has 0 saturated heterocycles. The van der Waals surface area contributed by atoms with E-state index in [1.54, 1.807) is 19.2 Å². The molecule has 2 nitrogen and oxygen atoms in total. The third kappa shape index (κ3) is 2.80. The summed E-state index contributed by atoms with van der Waals surface area (Å²) in [4.78, 5) is 0. The first kappa shape index (κ1) is 12.4. The van der Waals surface area contributed by atoms with Crippen LogP contribution in [0, 0.1) is 12.7 Å². The highest BCUT2D eigenvalue weighted by atomic mass is 19.1. The van der Waals surface area contributed by atoms with Crippen LogP contribution in [0.2, 0.25) is 0 Å². The number of halogens is 1. The number of methoxy groups -OCH3 is 1. The third-order valence-electron chi connectivity index (χ3n) is 2.66. The molecule has 0 fully saturated rings. The van der Waals surface area contributed by atoms with Crippen LogP contribution >= 0.6 is 0 Å². The third-order valence-corrected chi connectivity index (χ3v) is 2.66. The average molecular weight is 246 g/mol. The SMILES string of the molecule is COc1ccccc1COc1cc(C)ccc1F. The minimum Gasteiger partial charge on any atom is -0.496 e. The van der Waals surface area contributed by atoms with Gasteiger partial charge in [-0.1, -0.05) is 24.3 Å². The number of hydrogen-bond acceptors (Lipinski definition) is 2. The fraction of sp³-hybridized carbons (Fsp3) is 0.200. The van der Waals surface area contributed by atoms with Gasteiger partial charge in [0, 0.05) is 5.56 Å². The number of ether oxygens (including phenoxy) is 2. The summed E-state index contributed by atoms with van der Waals surface area (Å²) >= 11 is 0. The summed E-state index contributed by atoms with van der Waals surface area (Å²) in [7, 11) is 1.60. The lowest BCUT2D eigenvalue weighted by atomic mass is 10.2. The highest BCUT2D eigenvalue weighted by molar-refractivity contribution is 5.34. The fourth-order valence-electron chi connectivity index (χ4n) is 1.70. The van der Waals surface area contributed by atoms with Gasteiger partial charge >= 0.3 is 0 Å². The molecule has 3 heteroatoms. The summed E-state index contributed by atoms with van der Waals surface area (Å²) in [5, 5.41) is 0. The van der Waals surface area contributed by atoms with E-state index in [0.717, 1.165) is 16.9 Å². The van der Waals surface area contributed by atoms with Gasteiger partial charge in [0.25, 0.3) is 0 Å². The zero-order valence-corrected chi connectivity index (χ0v) is 10.4. The maximum absolute atomic E-state index is 13.5. The van der Waals surface area contributed by atoms with Crippen LogP contribution in [0.5, 0.6) is 11.5 Å². The Morgan fingerprint density at radius 2 is 1.83 bits per heavy atom. The molecule has 18 heavy (non-hydrogen) atoms. The predicted molar refractivity (Wildman–Crippen MR) is 68.5 cm³/mol. The molecule has 0 radical (unpaired) electrons. The molecule has 2 rings (SSSR count). The van der Waals surface area contributed by atoms with E-state index in [0.29, 0.717) is 0 Å². The smallest absolute Gasteiger partial charge is 0.165 e. The predicted octanol–water partition coefficient (Wildman–Crippen LogP) is 3.72. The van der Waals surface area contributed by atoms with Crippen molar-refractivity contribution < 1.29 is 13.9 Å². The Hall–Kier alpha value is -2.03. The Kier molecular flexibility index (Phi) is 3.82. The van der Waals surface area contributed by atoms with E-state index >= 15 is 0 Å². The first-order chi connectivity index (χ1) is 8.70.